The van der Waals surface area contributed by atoms with Crippen molar-refractivity contribution in [3.63, 3.8) is 0 Å². The minimum Gasteiger partial charge on any atom is -0.345 e. The number of aromatic nitrogens is 2. The number of halogens is 1. The number of carbonyl (C=O) groups excluding carboxylic acids is 2. The number of anilines is 1. The molecule has 2 aromatic carbocycles. The molecule has 4 rings (SSSR count). The second-order valence-corrected chi connectivity index (χ2v) is 7.65. The minimum atomic E-state index is -0.305. The van der Waals surface area contributed by atoms with Gasteiger partial charge in [-0.2, -0.15) is 5.10 Å². The Morgan fingerprint density at radius 1 is 1.19 bits per heavy atom. The number of rotatable bonds is 5. The van der Waals surface area contributed by atoms with Crippen molar-refractivity contribution < 1.29 is 14.0 Å². The summed E-state index contributed by atoms with van der Waals surface area (Å²) in [7, 11) is 0. The Bertz CT molecular complexity index is 1140. The van der Waals surface area contributed by atoms with Crippen molar-refractivity contribution in [2.75, 3.05) is 18.0 Å². The molecule has 0 bridgehead atoms. The molecule has 3 amide bonds. The number of amides is 3. The predicted octanol–water partition coefficient (Wildman–Crippen LogP) is 3.65. The first kappa shape index (κ1) is 20.6. The van der Waals surface area contributed by atoms with Gasteiger partial charge in [-0.1, -0.05) is 0 Å². The zero-order valence-electron chi connectivity index (χ0n) is 17.6. The molecular formula is C23H24FN5O2. The summed E-state index contributed by atoms with van der Waals surface area (Å²) in [5.41, 5.74) is 4.68. The molecule has 1 fully saturated rings. The summed E-state index contributed by atoms with van der Waals surface area (Å²) in [6.45, 7) is 6.92. The molecule has 0 radical (unpaired) electrons. The zero-order valence-corrected chi connectivity index (χ0v) is 17.6. The Hall–Kier alpha value is -3.68. The van der Waals surface area contributed by atoms with Crippen LogP contribution in [0.15, 0.2) is 48.7 Å². The fourth-order valence-electron chi connectivity index (χ4n) is 3.85. The number of nitrogens with one attached hydrogen (secondary N) is 2. The Morgan fingerprint density at radius 2 is 1.94 bits per heavy atom. The molecule has 3 aromatic rings. The van der Waals surface area contributed by atoms with E-state index in [-0.39, 0.29) is 23.8 Å². The molecule has 8 heteroatoms. The van der Waals surface area contributed by atoms with Gasteiger partial charge in [0, 0.05) is 35.6 Å². The molecule has 7 nitrogen and oxygen atoms in total. The maximum absolute atomic E-state index is 13.2. The van der Waals surface area contributed by atoms with E-state index in [0.717, 1.165) is 28.2 Å². The van der Waals surface area contributed by atoms with Crippen molar-refractivity contribution in [2.24, 2.45) is 0 Å². The summed E-state index contributed by atoms with van der Waals surface area (Å²) in [6.07, 6.45) is 1.71. The van der Waals surface area contributed by atoms with Crippen molar-refractivity contribution in [1.29, 1.82) is 0 Å². The Morgan fingerprint density at radius 3 is 2.58 bits per heavy atom. The molecule has 1 atom stereocenters. The van der Waals surface area contributed by atoms with Gasteiger partial charge in [0.25, 0.3) is 5.91 Å². The highest BCUT2D eigenvalue weighted by Gasteiger charge is 2.23. The molecule has 0 spiro atoms. The van der Waals surface area contributed by atoms with Crippen molar-refractivity contribution in [3.05, 3.63) is 76.9 Å². The van der Waals surface area contributed by atoms with E-state index < -0.39 is 0 Å². The fraction of sp³-hybridized carbons (Fsp3) is 0.261. The van der Waals surface area contributed by atoms with Gasteiger partial charge in [-0.05, 0) is 68.8 Å². The van der Waals surface area contributed by atoms with E-state index in [1.165, 1.54) is 12.1 Å². The highest BCUT2D eigenvalue weighted by atomic mass is 19.1. The van der Waals surface area contributed by atoms with Crippen molar-refractivity contribution >= 4 is 17.6 Å². The number of hydrogen-bond donors (Lipinski definition) is 2. The van der Waals surface area contributed by atoms with Gasteiger partial charge in [0.15, 0.2) is 0 Å². The van der Waals surface area contributed by atoms with Crippen molar-refractivity contribution in [1.82, 2.24) is 20.4 Å². The lowest BCUT2D eigenvalue weighted by molar-refractivity contribution is 0.0939. The second-order valence-electron chi connectivity index (χ2n) is 7.65. The number of benzene rings is 2. The maximum atomic E-state index is 13.2. The summed E-state index contributed by atoms with van der Waals surface area (Å²) >= 11 is 0. The fourth-order valence-corrected chi connectivity index (χ4v) is 3.85. The maximum Gasteiger partial charge on any atom is 0.322 e. The average Bonchev–Trinajstić information content (AvgIpc) is 3.34. The van der Waals surface area contributed by atoms with Gasteiger partial charge in [0.2, 0.25) is 0 Å². The number of hydrogen-bond acceptors (Lipinski definition) is 3. The molecule has 0 saturated carbocycles. The van der Waals surface area contributed by atoms with Gasteiger partial charge in [-0.15, -0.1) is 0 Å². The van der Waals surface area contributed by atoms with Crippen LogP contribution in [0.25, 0.3) is 5.69 Å². The minimum absolute atomic E-state index is 0.123. The predicted molar refractivity (Wildman–Crippen MR) is 116 cm³/mol. The molecular weight excluding hydrogens is 397 g/mol. The SMILES string of the molecule is Cc1cc(C(=O)NC(C)c2cnn(-c3ccc(F)cc3)c2C)ccc1N1CCNC1=O. The van der Waals surface area contributed by atoms with Crippen LogP contribution in [0, 0.1) is 19.7 Å². The van der Waals surface area contributed by atoms with Crippen LogP contribution < -0.4 is 15.5 Å². The molecule has 0 aliphatic carbocycles. The standard InChI is InChI=1S/C23H24FN5O2/c1-14-12-17(4-9-21(14)28-11-10-25-23(28)31)22(30)27-15(2)20-13-26-29(16(20)3)19-7-5-18(24)6-8-19/h4-9,12-13,15H,10-11H2,1-3H3,(H,25,31)(H,27,30). The van der Waals surface area contributed by atoms with E-state index >= 15 is 0 Å². The number of urea groups is 1. The number of carbonyl (C=O) groups is 2. The summed E-state index contributed by atoms with van der Waals surface area (Å²) in [6, 6.07) is 11.0. The molecule has 2 N–H and O–H groups in total. The molecule has 1 unspecified atom stereocenters. The highest BCUT2D eigenvalue weighted by molar-refractivity contribution is 5.98. The van der Waals surface area contributed by atoms with E-state index in [0.29, 0.717) is 18.7 Å². The van der Waals surface area contributed by atoms with Gasteiger partial charge >= 0.3 is 6.03 Å². The largest absolute Gasteiger partial charge is 0.345 e. The van der Waals surface area contributed by atoms with E-state index in [4.69, 9.17) is 0 Å². The summed E-state index contributed by atoms with van der Waals surface area (Å²) < 4.78 is 14.9. The summed E-state index contributed by atoms with van der Waals surface area (Å²) in [4.78, 5) is 26.4. The number of nitrogens with zero attached hydrogens (tertiary/aromatic N) is 3. The zero-order chi connectivity index (χ0) is 22.1. The number of aryl methyl sites for hydroxylation is 1. The quantitative estimate of drug-likeness (QED) is 0.660. The molecule has 1 saturated heterocycles. The van der Waals surface area contributed by atoms with Gasteiger partial charge in [-0.25, -0.2) is 13.9 Å². The van der Waals surface area contributed by atoms with Crippen LogP contribution in [0.4, 0.5) is 14.9 Å². The van der Waals surface area contributed by atoms with E-state index in [9.17, 15) is 14.0 Å². The monoisotopic (exact) mass is 421 g/mol. The van der Waals surface area contributed by atoms with E-state index in [2.05, 4.69) is 15.7 Å². The van der Waals surface area contributed by atoms with E-state index in [1.54, 1.807) is 46.1 Å². The molecule has 1 aromatic heterocycles. The van der Waals surface area contributed by atoms with Crippen LogP contribution in [-0.2, 0) is 0 Å². The van der Waals surface area contributed by atoms with Crippen LogP contribution in [0.2, 0.25) is 0 Å². The molecule has 31 heavy (non-hydrogen) atoms. The summed E-state index contributed by atoms with van der Waals surface area (Å²) in [5.74, 6) is -0.511. The van der Waals surface area contributed by atoms with Crippen LogP contribution in [0.3, 0.4) is 0 Å². The van der Waals surface area contributed by atoms with Gasteiger partial charge in [0.1, 0.15) is 5.82 Å². The van der Waals surface area contributed by atoms with Gasteiger partial charge < -0.3 is 10.6 Å². The third kappa shape index (κ3) is 4.01. The molecule has 1 aliphatic heterocycles. The smallest absolute Gasteiger partial charge is 0.322 e. The Kier molecular flexibility index (Phi) is 5.46. The van der Waals surface area contributed by atoms with Gasteiger partial charge in [0.05, 0.1) is 17.9 Å². The molecule has 2 heterocycles. The first-order chi connectivity index (χ1) is 14.8. The normalized spacial score (nSPS) is 14.5. The average molecular weight is 421 g/mol. The Labute approximate surface area is 179 Å². The van der Waals surface area contributed by atoms with Crippen LogP contribution in [0.5, 0.6) is 0 Å². The lowest BCUT2D eigenvalue weighted by Gasteiger charge is -2.18. The van der Waals surface area contributed by atoms with Gasteiger partial charge in [-0.3, -0.25) is 9.69 Å². The van der Waals surface area contributed by atoms with E-state index in [1.807, 2.05) is 20.8 Å². The lowest BCUT2D eigenvalue weighted by Crippen LogP contribution is -2.29. The lowest BCUT2D eigenvalue weighted by atomic mass is 10.1. The highest BCUT2D eigenvalue weighted by Crippen LogP contribution is 2.24. The van der Waals surface area contributed by atoms with Crippen molar-refractivity contribution in [3.8, 4) is 5.69 Å². The second kappa shape index (κ2) is 8.22. The van der Waals surface area contributed by atoms with Crippen LogP contribution in [0.1, 0.15) is 40.1 Å². The van der Waals surface area contributed by atoms with Crippen LogP contribution in [-0.4, -0.2) is 34.8 Å². The molecule has 1 aliphatic rings. The Balaban J connectivity index is 1.49. The summed E-state index contributed by atoms with van der Waals surface area (Å²) in [5, 5.41) is 10.2. The topological polar surface area (TPSA) is 79.3 Å². The van der Waals surface area contributed by atoms with Crippen LogP contribution >= 0.6 is 0 Å². The first-order valence-electron chi connectivity index (χ1n) is 10.1. The molecule has 160 valence electrons. The third-order valence-electron chi connectivity index (χ3n) is 5.54. The first-order valence-corrected chi connectivity index (χ1v) is 10.1. The third-order valence-corrected chi connectivity index (χ3v) is 5.54. The van der Waals surface area contributed by atoms with Crippen molar-refractivity contribution in [2.45, 2.75) is 26.8 Å².